The van der Waals surface area contributed by atoms with Crippen LogP contribution < -0.4 is 10.5 Å². The molecule has 0 saturated carbocycles. The molecule has 5 heteroatoms. The van der Waals surface area contributed by atoms with Gasteiger partial charge in [-0.15, -0.1) is 0 Å². The van der Waals surface area contributed by atoms with E-state index in [1.807, 2.05) is 25.1 Å². The van der Waals surface area contributed by atoms with Gasteiger partial charge in [-0.05, 0) is 66.7 Å². The van der Waals surface area contributed by atoms with Crippen LogP contribution in [0, 0.1) is 0 Å². The number of benzene rings is 1. The summed E-state index contributed by atoms with van der Waals surface area (Å²) in [7, 11) is 0. The van der Waals surface area contributed by atoms with E-state index in [-0.39, 0.29) is 5.97 Å². The van der Waals surface area contributed by atoms with Crippen LogP contribution in [0.3, 0.4) is 0 Å². The van der Waals surface area contributed by atoms with Gasteiger partial charge in [0.05, 0.1) is 17.7 Å². The number of carbonyl (C=O) groups is 1. The molecule has 21 heavy (non-hydrogen) atoms. The van der Waals surface area contributed by atoms with Gasteiger partial charge in [0.25, 0.3) is 0 Å². The number of carbonyl (C=O) groups excluding carboxylic acids is 1. The highest BCUT2D eigenvalue weighted by atomic mass is 79.9. The predicted octanol–water partition coefficient (Wildman–Crippen LogP) is 3.45. The average Bonchev–Trinajstić information content (AvgIpc) is 2.45. The van der Waals surface area contributed by atoms with Crippen LogP contribution in [0.15, 0.2) is 22.7 Å². The summed E-state index contributed by atoms with van der Waals surface area (Å²) >= 11 is 3.51. The number of ether oxygens (including phenoxy) is 2. The molecule has 4 nitrogen and oxygen atoms in total. The highest BCUT2D eigenvalue weighted by Crippen LogP contribution is 2.29. The lowest BCUT2D eigenvalue weighted by atomic mass is 10.1. The predicted molar refractivity (Wildman–Crippen MR) is 87.5 cm³/mol. The Bertz CT molecular complexity index is 438. The fourth-order valence-electron chi connectivity index (χ4n) is 2.02. The molecule has 0 aromatic heterocycles. The molecule has 0 unspecified atom stereocenters. The first-order valence-corrected chi connectivity index (χ1v) is 8.24. The van der Waals surface area contributed by atoms with Gasteiger partial charge in [0.2, 0.25) is 0 Å². The Labute approximate surface area is 135 Å². The van der Waals surface area contributed by atoms with Crippen molar-refractivity contribution >= 4 is 21.9 Å². The van der Waals surface area contributed by atoms with Crippen molar-refractivity contribution in [1.82, 2.24) is 0 Å². The summed E-state index contributed by atoms with van der Waals surface area (Å²) in [6.45, 7) is 3.52. The van der Waals surface area contributed by atoms with Crippen LogP contribution in [0.4, 0.5) is 0 Å². The van der Waals surface area contributed by atoms with Gasteiger partial charge in [0, 0.05) is 6.42 Å². The van der Waals surface area contributed by atoms with Crippen molar-refractivity contribution in [2.24, 2.45) is 5.73 Å². The van der Waals surface area contributed by atoms with E-state index >= 15 is 0 Å². The largest absolute Gasteiger partial charge is 0.492 e. The van der Waals surface area contributed by atoms with E-state index in [1.54, 1.807) is 0 Å². The van der Waals surface area contributed by atoms with Crippen LogP contribution in [0.1, 0.15) is 38.2 Å². The number of unbranched alkanes of at least 4 members (excludes halogenated alkanes) is 2. The number of hydrogen-bond donors (Lipinski definition) is 1. The second kappa shape index (κ2) is 10.6. The number of hydrogen-bond acceptors (Lipinski definition) is 4. The number of halogens is 1. The average molecular weight is 358 g/mol. The van der Waals surface area contributed by atoms with E-state index in [9.17, 15) is 4.79 Å². The summed E-state index contributed by atoms with van der Waals surface area (Å²) in [5, 5.41) is 0. The number of esters is 1. The zero-order valence-electron chi connectivity index (χ0n) is 12.6. The van der Waals surface area contributed by atoms with Gasteiger partial charge in [0.1, 0.15) is 5.75 Å². The number of nitrogens with two attached hydrogens (primary N) is 1. The third kappa shape index (κ3) is 6.96. The van der Waals surface area contributed by atoms with Crippen LogP contribution in [-0.2, 0) is 16.0 Å². The first-order chi connectivity index (χ1) is 10.2. The molecule has 0 saturated heterocycles. The van der Waals surface area contributed by atoms with Crippen molar-refractivity contribution in [3.8, 4) is 5.75 Å². The van der Waals surface area contributed by atoms with E-state index in [2.05, 4.69) is 15.9 Å². The van der Waals surface area contributed by atoms with Crippen LogP contribution in [0.25, 0.3) is 0 Å². The molecule has 0 bridgehead atoms. The fraction of sp³-hybridized carbons (Fsp3) is 0.562. The molecule has 1 aromatic carbocycles. The Morgan fingerprint density at radius 2 is 2.10 bits per heavy atom. The SMILES string of the molecule is CCOC(=O)CCCCCOc1c(Br)cccc1CCN. The first-order valence-electron chi connectivity index (χ1n) is 7.45. The smallest absolute Gasteiger partial charge is 0.305 e. The van der Waals surface area contributed by atoms with Crippen molar-refractivity contribution in [3.63, 3.8) is 0 Å². The second-order valence-electron chi connectivity index (χ2n) is 4.73. The molecule has 0 spiro atoms. The maximum atomic E-state index is 11.2. The van der Waals surface area contributed by atoms with Crippen LogP contribution in [0.5, 0.6) is 5.75 Å². The van der Waals surface area contributed by atoms with E-state index in [0.29, 0.717) is 26.2 Å². The summed E-state index contributed by atoms with van der Waals surface area (Å²) < 4.78 is 11.7. The van der Waals surface area contributed by atoms with Crippen molar-refractivity contribution < 1.29 is 14.3 Å². The van der Waals surface area contributed by atoms with E-state index < -0.39 is 0 Å². The molecule has 118 valence electrons. The van der Waals surface area contributed by atoms with Crippen molar-refractivity contribution in [2.45, 2.75) is 39.0 Å². The molecule has 0 fully saturated rings. The van der Waals surface area contributed by atoms with Gasteiger partial charge in [-0.25, -0.2) is 0 Å². The topological polar surface area (TPSA) is 61.5 Å². The maximum Gasteiger partial charge on any atom is 0.305 e. The molecule has 0 aliphatic carbocycles. The molecular weight excluding hydrogens is 334 g/mol. The minimum atomic E-state index is -0.116. The summed E-state index contributed by atoms with van der Waals surface area (Å²) in [4.78, 5) is 11.2. The Balaban J connectivity index is 2.28. The highest BCUT2D eigenvalue weighted by Gasteiger charge is 2.07. The van der Waals surface area contributed by atoms with Gasteiger partial charge in [-0.2, -0.15) is 0 Å². The van der Waals surface area contributed by atoms with Crippen molar-refractivity contribution in [2.75, 3.05) is 19.8 Å². The monoisotopic (exact) mass is 357 g/mol. The first kappa shape index (κ1) is 18.0. The third-order valence-corrected chi connectivity index (χ3v) is 3.66. The standard InChI is InChI=1S/C16H24BrNO3/c1-2-20-15(19)9-4-3-5-12-21-16-13(10-11-18)7-6-8-14(16)17/h6-8H,2-5,9-12,18H2,1H3. The minimum absolute atomic E-state index is 0.116. The van der Waals surface area contributed by atoms with E-state index in [1.165, 1.54) is 0 Å². The highest BCUT2D eigenvalue weighted by molar-refractivity contribution is 9.10. The molecule has 0 atom stereocenters. The lowest BCUT2D eigenvalue weighted by Crippen LogP contribution is -2.07. The number of rotatable bonds is 10. The van der Waals surface area contributed by atoms with E-state index in [4.69, 9.17) is 15.2 Å². The van der Waals surface area contributed by atoms with Crippen LogP contribution in [-0.4, -0.2) is 25.7 Å². The Hall–Kier alpha value is -1.07. The molecule has 1 rings (SSSR count). The maximum absolute atomic E-state index is 11.2. The van der Waals surface area contributed by atoms with E-state index in [0.717, 1.165) is 41.5 Å². The number of para-hydroxylation sites is 1. The Kier molecular flexibility index (Phi) is 9.10. The third-order valence-electron chi connectivity index (χ3n) is 3.04. The summed E-state index contributed by atoms with van der Waals surface area (Å²) in [6, 6.07) is 5.99. The molecule has 0 amide bonds. The normalized spacial score (nSPS) is 10.4. The molecule has 0 heterocycles. The van der Waals surface area contributed by atoms with Gasteiger partial charge in [-0.1, -0.05) is 12.1 Å². The van der Waals surface area contributed by atoms with Crippen molar-refractivity contribution in [3.05, 3.63) is 28.2 Å². The van der Waals surface area contributed by atoms with Gasteiger partial charge < -0.3 is 15.2 Å². The van der Waals surface area contributed by atoms with Crippen molar-refractivity contribution in [1.29, 1.82) is 0 Å². The lowest BCUT2D eigenvalue weighted by molar-refractivity contribution is -0.143. The minimum Gasteiger partial charge on any atom is -0.492 e. The lowest BCUT2D eigenvalue weighted by Gasteiger charge is -2.12. The Morgan fingerprint density at radius 3 is 2.81 bits per heavy atom. The van der Waals surface area contributed by atoms with Crippen LogP contribution in [0.2, 0.25) is 0 Å². The molecule has 1 aromatic rings. The summed E-state index contributed by atoms with van der Waals surface area (Å²) in [6.07, 6.45) is 4.00. The van der Waals surface area contributed by atoms with Gasteiger partial charge in [-0.3, -0.25) is 4.79 Å². The van der Waals surface area contributed by atoms with Gasteiger partial charge >= 0.3 is 5.97 Å². The molecule has 0 radical (unpaired) electrons. The Morgan fingerprint density at radius 1 is 1.29 bits per heavy atom. The molecule has 0 aliphatic heterocycles. The molecule has 2 N–H and O–H groups in total. The quantitative estimate of drug-likeness (QED) is 0.514. The fourth-order valence-corrected chi connectivity index (χ4v) is 2.54. The summed E-state index contributed by atoms with van der Waals surface area (Å²) in [5.74, 6) is 0.766. The zero-order valence-corrected chi connectivity index (χ0v) is 14.2. The molecular formula is C16H24BrNO3. The zero-order chi connectivity index (χ0) is 15.5. The van der Waals surface area contributed by atoms with Gasteiger partial charge in [0.15, 0.2) is 0 Å². The van der Waals surface area contributed by atoms with Crippen LogP contribution >= 0.6 is 15.9 Å². The second-order valence-corrected chi connectivity index (χ2v) is 5.59. The summed E-state index contributed by atoms with van der Waals surface area (Å²) in [5.41, 5.74) is 6.74. The molecule has 0 aliphatic rings.